The number of amides is 1. The quantitative estimate of drug-likeness (QED) is 0.712. The number of carbonyl (C=O) groups is 1. The number of hydrogen-bond donors (Lipinski definition) is 0. The SMILES string of the molecule is CCC(C)(C)C(=O)N1CCN(C(C)c2nc(-c3cccc(C(F)(F)F)c3)no2)CC1. The lowest BCUT2D eigenvalue weighted by molar-refractivity contribution is -0.142. The molecule has 1 atom stereocenters. The Morgan fingerprint density at radius 2 is 1.87 bits per heavy atom. The van der Waals surface area contributed by atoms with Gasteiger partial charge >= 0.3 is 6.18 Å². The van der Waals surface area contributed by atoms with Crippen molar-refractivity contribution in [2.75, 3.05) is 26.2 Å². The molecule has 1 aromatic heterocycles. The molecule has 0 spiro atoms. The Bertz CT molecular complexity index is 886. The van der Waals surface area contributed by atoms with Crippen molar-refractivity contribution in [3.8, 4) is 11.4 Å². The molecule has 1 saturated heterocycles. The van der Waals surface area contributed by atoms with Gasteiger partial charge in [-0.05, 0) is 25.5 Å². The van der Waals surface area contributed by atoms with E-state index < -0.39 is 11.7 Å². The van der Waals surface area contributed by atoms with Gasteiger partial charge in [0, 0.05) is 37.2 Å². The van der Waals surface area contributed by atoms with Gasteiger partial charge in [-0.2, -0.15) is 18.2 Å². The number of aromatic nitrogens is 2. The summed E-state index contributed by atoms with van der Waals surface area (Å²) in [6.07, 6.45) is -3.65. The van der Waals surface area contributed by atoms with E-state index in [9.17, 15) is 18.0 Å². The summed E-state index contributed by atoms with van der Waals surface area (Å²) in [5.41, 5.74) is -0.875. The van der Waals surface area contributed by atoms with Crippen LogP contribution in [0.2, 0.25) is 0 Å². The molecular formula is C21H27F3N4O2. The number of carbonyl (C=O) groups excluding carboxylic acids is 1. The third-order valence-corrected chi connectivity index (χ3v) is 5.86. The maximum Gasteiger partial charge on any atom is 0.416 e. The summed E-state index contributed by atoms with van der Waals surface area (Å²) in [4.78, 5) is 21.0. The predicted molar refractivity (Wildman–Crippen MR) is 105 cm³/mol. The molecular weight excluding hydrogens is 397 g/mol. The van der Waals surface area contributed by atoms with Gasteiger partial charge in [0.05, 0.1) is 11.6 Å². The summed E-state index contributed by atoms with van der Waals surface area (Å²) in [7, 11) is 0. The molecule has 1 aliphatic heterocycles. The average molecular weight is 424 g/mol. The molecule has 0 saturated carbocycles. The van der Waals surface area contributed by atoms with Gasteiger partial charge in [-0.25, -0.2) is 0 Å². The van der Waals surface area contributed by atoms with E-state index in [0.717, 1.165) is 18.6 Å². The lowest BCUT2D eigenvalue weighted by Crippen LogP contribution is -2.52. The van der Waals surface area contributed by atoms with Crippen molar-refractivity contribution in [3.05, 3.63) is 35.7 Å². The van der Waals surface area contributed by atoms with Crippen molar-refractivity contribution in [2.24, 2.45) is 5.41 Å². The van der Waals surface area contributed by atoms with Crippen LogP contribution in [0.4, 0.5) is 13.2 Å². The number of rotatable bonds is 5. The first-order valence-electron chi connectivity index (χ1n) is 10.1. The van der Waals surface area contributed by atoms with E-state index in [-0.39, 0.29) is 28.8 Å². The Morgan fingerprint density at radius 3 is 2.47 bits per heavy atom. The Morgan fingerprint density at radius 1 is 1.20 bits per heavy atom. The fraction of sp³-hybridized carbons (Fsp3) is 0.571. The van der Waals surface area contributed by atoms with Crippen molar-refractivity contribution in [1.29, 1.82) is 0 Å². The molecule has 0 radical (unpaired) electrons. The number of nitrogens with zero attached hydrogens (tertiary/aromatic N) is 4. The molecule has 9 heteroatoms. The van der Waals surface area contributed by atoms with E-state index in [1.165, 1.54) is 12.1 Å². The van der Waals surface area contributed by atoms with E-state index >= 15 is 0 Å². The number of alkyl halides is 3. The van der Waals surface area contributed by atoms with Gasteiger partial charge in [0.25, 0.3) is 0 Å². The number of hydrogen-bond acceptors (Lipinski definition) is 5. The molecule has 1 amide bonds. The van der Waals surface area contributed by atoms with Crippen LogP contribution in [0.25, 0.3) is 11.4 Å². The van der Waals surface area contributed by atoms with Crippen LogP contribution in [-0.4, -0.2) is 52.0 Å². The highest BCUT2D eigenvalue weighted by molar-refractivity contribution is 5.82. The molecule has 0 bridgehead atoms. The fourth-order valence-corrected chi connectivity index (χ4v) is 3.40. The number of piperazine rings is 1. The maximum atomic E-state index is 12.9. The van der Waals surface area contributed by atoms with Gasteiger partial charge in [-0.1, -0.05) is 38.1 Å². The molecule has 6 nitrogen and oxygen atoms in total. The van der Waals surface area contributed by atoms with Gasteiger partial charge in [-0.15, -0.1) is 0 Å². The normalized spacial score (nSPS) is 17.2. The van der Waals surface area contributed by atoms with Crippen molar-refractivity contribution in [3.63, 3.8) is 0 Å². The Hall–Kier alpha value is -2.42. The standard InChI is InChI=1S/C21H27F3N4O2/c1-5-20(3,4)19(29)28-11-9-27(10-12-28)14(2)18-25-17(26-30-18)15-7-6-8-16(13-15)21(22,23)24/h6-8,13-14H,5,9-12H2,1-4H3. The second-order valence-electron chi connectivity index (χ2n) is 8.28. The zero-order chi connectivity index (χ0) is 22.1. The van der Waals surface area contributed by atoms with Gasteiger partial charge in [0.2, 0.25) is 17.6 Å². The first kappa shape index (κ1) is 22.3. The molecule has 164 valence electrons. The van der Waals surface area contributed by atoms with Crippen LogP contribution in [-0.2, 0) is 11.0 Å². The summed E-state index contributed by atoms with van der Waals surface area (Å²) in [6, 6.07) is 4.67. The van der Waals surface area contributed by atoms with E-state index in [0.29, 0.717) is 32.1 Å². The number of benzene rings is 1. The molecule has 30 heavy (non-hydrogen) atoms. The Balaban J connectivity index is 1.67. The first-order chi connectivity index (χ1) is 14.0. The first-order valence-corrected chi connectivity index (χ1v) is 10.1. The van der Waals surface area contributed by atoms with Crippen molar-refractivity contribution in [1.82, 2.24) is 19.9 Å². The molecule has 3 rings (SSSR count). The highest BCUT2D eigenvalue weighted by atomic mass is 19.4. The van der Waals surface area contributed by atoms with Gasteiger partial charge in [0.1, 0.15) is 0 Å². The summed E-state index contributed by atoms with van der Waals surface area (Å²) in [5.74, 6) is 0.625. The number of halogens is 3. The molecule has 1 aliphatic rings. The van der Waals surface area contributed by atoms with E-state index in [2.05, 4.69) is 15.0 Å². The lowest BCUT2D eigenvalue weighted by Gasteiger charge is -2.39. The van der Waals surface area contributed by atoms with E-state index in [4.69, 9.17) is 4.52 Å². The second kappa shape index (κ2) is 8.37. The molecule has 0 N–H and O–H groups in total. The van der Waals surface area contributed by atoms with Crippen molar-refractivity contribution >= 4 is 5.91 Å². The highest BCUT2D eigenvalue weighted by Crippen LogP contribution is 2.32. The smallest absolute Gasteiger partial charge is 0.340 e. The Labute approximate surface area is 174 Å². The van der Waals surface area contributed by atoms with Gasteiger partial charge in [0.15, 0.2) is 0 Å². The molecule has 0 aliphatic carbocycles. The highest BCUT2D eigenvalue weighted by Gasteiger charge is 2.34. The van der Waals surface area contributed by atoms with Crippen LogP contribution in [0.5, 0.6) is 0 Å². The molecule has 2 aromatic rings. The third-order valence-electron chi connectivity index (χ3n) is 5.86. The summed E-state index contributed by atoms with van der Waals surface area (Å²) >= 11 is 0. The zero-order valence-electron chi connectivity index (χ0n) is 17.7. The molecule has 2 heterocycles. The minimum absolute atomic E-state index is 0.126. The minimum Gasteiger partial charge on any atom is -0.340 e. The second-order valence-corrected chi connectivity index (χ2v) is 8.28. The third kappa shape index (κ3) is 4.66. The van der Waals surface area contributed by atoms with Crippen LogP contribution >= 0.6 is 0 Å². The molecule has 1 fully saturated rings. The van der Waals surface area contributed by atoms with Crippen LogP contribution in [0.3, 0.4) is 0 Å². The lowest BCUT2D eigenvalue weighted by atomic mass is 9.88. The average Bonchev–Trinajstić information content (AvgIpc) is 3.22. The van der Waals surface area contributed by atoms with Crippen LogP contribution < -0.4 is 0 Å². The zero-order valence-corrected chi connectivity index (χ0v) is 17.7. The fourth-order valence-electron chi connectivity index (χ4n) is 3.40. The van der Waals surface area contributed by atoms with E-state index in [1.807, 2.05) is 32.6 Å². The topological polar surface area (TPSA) is 62.5 Å². The van der Waals surface area contributed by atoms with Crippen LogP contribution in [0, 0.1) is 5.41 Å². The van der Waals surface area contributed by atoms with Crippen molar-refractivity contribution in [2.45, 2.75) is 46.3 Å². The van der Waals surface area contributed by atoms with Gasteiger partial charge in [-0.3, -0.25) is 9.69 Å². The monoisotopic (exact) mass is 424 g/mol. The summed E-state index contributed by atoms with van der Waals surface area (Å²) < 4.78 is 44.2. The van der Waals surface area contributed by atoms with Crippen LogP contribution in [0.1, 0.15) is 51.6 Å². The summed E-state index contributed by atoms with van der Waals surface area (Å²) in [6.45, 7) is 10.4. The van der Waals surface area contributed by atoms with Crippen LogP contribution in [0.15, 0.2) is 28.8 Å². The largest absolute Gasteiger partial charge is 0.416 e. The van der Waals surface area contributed by atoms with E-state index in [1.54, 1.807) is 0 Å². The molecule has 1 unspecified atom stereocenters. The minimum atomic E-state index is -4.43. The van der Waals surface area contributed by atoms with Crippen molar-refractivity contribution < 1.29 is 22.5 Å². The molecule has 1 aromatic carbocycles. The predicted octanol–water partition coefficient (Wildman–Crippen LogP) is 4.40. The summed E-state index contributed by atoms with van der Waals surface area (Å²) in [5, 5.41) is 3.87. The van der Waals surface area contributed by atoms with Gasteiger partial charge < -0.3 is 9.42 Å². The Kier molecular flexibility index (Phi) is 6.21. The maximum absolute atomic E-state index is 12.9.